The summed E-state index contributed by atoms with van der Waals surface area (Å²) in [6, 6.07) is -0.589. The molecule has 0 aromatic carbocycles. The number of hydrogen-bond acceptors (Lipinski definition) is 4. The van der Waals surface area contributed by atoms with E-state index in [4.69, 9.17) is 16.3 Å². The lowest BCUT2D eigenvalue weighted by molar-refractivity contribution is -0.0622. The lowest BCUT2D eigenvalue weighted by Crippen LogP contribution is -2.51. The molecule has 1 unspecified atom stereocenters. The van der Waals surface area contributed by atoms with E-state index in [1.54, 1.807) is 32.1 Å². The first-order valence-electron chi connectivity index (χ1n) is 5.80. The molecule has 0 saturated heterocycles. The first kappa shape index (κ1) is 14.9. The molecule has 0 amide bonds. The number of hydrogen-bond donors (Lipinski definition) is 0. The number of alkyl halides is 4. The van der Waals surface area contributed by atoms with Crippen LogP contribution < -0.4 is 0 Å². The van der Waals surface area contributed by atoms with Crippen molar-refractivity contribution in [3.63, 3.8) is 0 Å². The topological polar surface area (TPSA) is 37.2 Å². The van der Waals surface area contributed by atoms with Crippen molar-refractivity contribution in [2.24, 2.45) is 10.1 Å². The van der Waals surface area contributed by atoms with Gasteiger partial charge in [-0.05, 0) is 19.9 Å². The fourth-order valence-electron chi connectivity index (χ4n) is 1.93. The minimum Gasteiger partial charge on any atom is -0.495 e. The van der Waals surface area contributed by atoms with Crippen molar-refractivity contribution >= 4 is 23.1 Å². The Morgan fingerprint density at radius 1 is 1.35 bits per heavy atom. The number of ether oxygens (including phenoxy) is 1. The first-order valence-corrected chi connectivity index (χ1v) is 6.18. The number of hydrazone groups is 1. The molecule has 2 rings (SSSR count). The number of fused-ring (bicyclic) bond motifs is 1. The van der Waals surface area contributed by atoms with Crippen molar-refractivity contribution in [1.29, 1.82) is 0 Å². The lowest BCUT2D eigenvalue weighted by Gasteiger charge is -2.40. The Labute approximate surface area is 119 Å². The van der Waals surface area contributed by atoms with E-state index >= 15 is 0 Å². The van der Waals surface area contributed by atoms with Gasteiger partial charge in [0.1, 0.15) is 22.5 Å². The van der Waals surface area contributed by atoms with Crippen molar-refractivity contribution in [2.75, 3.05) is 7.11 Å². The monoisotopic (exact) mass is 307 g/mol. The summed E-state index contributed by atoms with van der Waals surface area (Å²) in [5.41, 5.74) is 0.144. The first-order chi connectivity index (χ1) is 9.14. The van der Waals surface area contributed by atoms with Crippen molar-refractivity contribution in [1.82, 2.24) is 5.01 Å². The molecule has 0 N–H and O–H groups in total. The maximum absolute atomic E-state index is 12.9. The van der Waals surface area contributed by atoms with Gasteiger partial charge in [-0.15, -0.1) is 5.10 Å². The number of amidine groups is 1. The highest BCUT2D eigenvalue weighted by atomic mass is 35.5. The van der Waals surface area contributed by atoms with Crippen LogP contribution in [0.15, 0.2) is 34.1 Å². The maximum Gasteiger partial charge on any atom is 0.453 e. The highest BCUT2D eigenvalue weighted by molar-refractivity contribution is 6.23. The second kappa shape index (κ2) is 4.80. The zero-order chi connectivity index (χ0) is 15.1. The average Bonchev–Trinajstić information content (AvgIpc) is 2.34. The summed E-state index contributed by atoms with van der Waals surface area (Å²) >= 11 is 6.14. The number of halogens is 4. The lowest BCUT2D eigenvalue weighted by atomic mass is 10.0. The number of nitrogens with zero attached hydrogens (tertiary/aromatic N) is 3. The molecule has 0 aromatic rings. The Kier molecular flexibility index (Phi) is 3.58. The minimum atomic E-state index is -4.65. The Hall–Kier alpha value is -1.50. The van der Waals surface area contributed by atoms with E-state index in [9.17, 15) is 13.2 Å². The van der Waals surface area contributed by atoms with E-state index in [1.807, 2.05) is 0 Å². The average molecular weight is 308 g/mol. The van der Waals surface area contributed by atoms with Gasteiger partial charge >= 0.3 is 6.18 Å². The molecule has 1 aliphatic carbocycles. The molecule has 0 aromatic heterocycles. The second-order valence-corrected chi connectivity index (χ2v) is 5.66. The van der Waals surface area contributed by atoms with Gasteiger partial charge in [0, 0.05) is 0 Å². The maximum atomic E-state index is 12.9. The smallest absolute Gasteiger partial charge is 0.453 e. The third kappa shape index (κ3) is 2.67. The molecular weight excluding hydrogens is 295 g/mol. The quantitative estimate of drug-likeness (QED) is 0.581. The summed E-state index contributed by atoms with van der Waals surface area (Å²) in [5, 5.41) is 4.72. The van der Waals surface area contributed by atoms with E-state index in [-0.39, 0.29) is 11.5 Å². The third-order valence-corrected chi connectivity index (χ3v) is 2.96. The molecule has 1 atom stereocenters. The highest BCUT2D eigenvalue weighted by Crippen LogP contribution is 2.32. The number of rotatable bonds is 2. The van der Waals surface area contributed by atoms with Gasteiger partial charge in [0.05, 0.1) is 7.11 Å². The molecule has 0 spiro atoms. The second-order valence-electron chi connectivity index (χ2n) is 4.74. The molecule has 0 fully saturated rings. The molecular formula is C12H13ClF3N3O. The Balaban J connectivity index is 2.54. The molecule has 2 aliphatic rings. The van der Waals surface area contributed by atoms with Crippen LogP contribution in [0.3, 0.4) is 0 Å². The fourth-order valence-corrected chi connectivity index (χ4v) is 2.08. The van der Waals surface area contributed by atoms with Crippen LogP contribution in [0.2, 0.25) is 0 Å². The van der Waals surface area contributed by atoms with Crippen molar-refractivity contribution < 1.29 is 17.9 Å². The van der Waals surface area contributed by atoms with E-state index in [2.05, 4.69) is 10.1 Å². The van der Waals surface area contributed by atoms with Crippen LogP contribution in [0.4, 0.5) is 13.2 Å². The standard InChI is InChI=1S/C12H13ClF3N3O/c1-11(2,13)19-7-5-4-6-8(20-3)9(7)17-10(18-19)12(14,15)16/h4-7H,1-3H3. The van der Waals surface area contributed by atoms with Gasteiger partial charge in [-0.2, -0.15) is 13.2 Å². The van der Waals surface area contributed by atoms with Crippen LogP contribution in [-0.4, -0.2) is 40.9 Å². The molecule has 4 nitrogen and oxygen atoms in total. The van der Waals surface area contributed by atoms with Gasteiger partial charge in [0.15, 0.2) is 0 Å². The predicted octanol–water partition coefficient (Wildman–Crippen LogP) is 3.06. The van der Waals surface area contributed by atoms with E-state index in [0.717, 1.165) is 0 Å². The zero-order valence-corrected chi connectivity index (χ0v) is 11.8. The highest BCUT2D eigenvalue weighted by Gasteiger charge is 2.45. The van der Waals surface area contributed by atoms with Crippen LogP contribution in [-0.2, 0) is 4.74 Å². The van der Waals surface area contributed by atoms with Gasteiger partial charge in [-0.3, -0.25) is 5.01 Å². The number of aliphatic imine (C=N–C) groups is 1. The van der Waals surface area contributed by atoms with Gasteiger partial charge in [0.2, 0.25) is 0 Å². The van der Waals surface area contributed by atoms with Crippen LogP contribution >= 0.6 is 11.6 Å². The molecule has 0 radical (unpaired) electrons. The minimum absolute atomic E-state index is 0.144. The molecule has 8 heteroatoms. The SMILES string of the molecule is COC1=CC=CC2C1=NC(C(F)(F)F)=NN2C(C)(C)Cl. The molecule has 20 heavy (non-hydrogen) atoms. The summed E-state index contributed by atoms with van der Waals surface area (Å²) < 4.78 is 43.8. The summed E-state index contributed by atoms with van der Waals surface area (Å²) in [5.74, 6) is -0.976. The van der Waals surface area contributed by atoms with Crippen LogP contribution in [0, 0.1) is 0 Å². The van der Waals surface area contributed by atoms with Crippen molar-refractivity contribution in [2.45, 2.75) is 31.1 Å². The van der Waals surface area contributed by atoms with Crippen molar-refractivity contribution in [3.8, 4) is 0 Å². The molecule has 1 aliphatic heterocycles. The fraction of sp³-hybridized carbons (Fsp3) is 0.500. The largest absolute Gasteiger partial charge is 0.495 e. The van der Waals surface area contributed by atoms with Crippen LogP contribution in [0.25, 0.3) is 0 Å². The van der Waals surface area contributed by atoms with E-state index < -0.39 is 23.1 Å². The van der Waals surface area contributed by atoms with Crippen LogP contribution in [0.1, 0.15) is 13.8 Å². The van der Waals surface area contributed by atoms with Crippen LogP contribution in [0.5, 0.6) is 0 Å². The summed E-state index contributed by atoms with van der Waals surface area (Å²) in [7, 11) is 1.37. The summed E-state index contributed by atoms with van der Waals surface area (Å²) in [6.45, 7) is 3.13. The Morgan fingerprint density at radius 2 is 2.00 bits per heavy atom. The molecule has 110 valence electrons. The van der Waals surface area contributed by atoms with Gasteiger partial charge in [0.25, 0.3) is 5.84 Å². The van der Waals surface area contributed by atoms with E-state index in [1.165, 1.54) is 12.1 Å². The summed E-state index contributed by atoms with van der Waals surface area (Å²) in [6.07, 6.45) is 0.237. The third-order valence-electron chi connectivity index (χ3n) is 2.78. The predicted molar refractivity (Wildman–Crippen MR) is 70.7 cm³/mol. The normalized spacial score (nSPS) is 22.9. The van der Waals surface area contributed by atoms with Gasteiger partial charge < -0.3 is 4.74 Å². The Morgan fingerprint density at radius 3 is 2.50 bits per heavy atom. The van der Waals surface area contributed by atoms with Gasteiger partial charge in [-0.25, -0.2) is 4.99 Å². The van der Waals surface area contributed by atoms with Crippen molar-refractivity contribution in [3.05, 3.63) is 24.0 Å². The molecule has 0 bridgehead atoms. The Bertz CT molecular complexity index is 529. The van der Waals surface area contributed by atoms with Gasteiger partial charge in [-0.1, -0.05) is 23.8 Å². The molecule has 0 saturated carbocycles. The summed E-state index contributed by atoms with van der Waals surface area (Å²) in [4.78, 5) is 2.48. The molecule has 1 heterocycles. The zero-order valence-electron chi connectivity index (χ0n) is 11.1. The number of allylic oxidation sites excluding steroid dienone is 2. The van der Waals surface area contributed by atoms with E-state index in [0.29, 0.717) is 0 Å². The number of methoxy groups -OCH3 is 1.